The molecule has 2 aromatic carbocycles. The van der Waals surface area contributed by atoms with E-state index in [0.717, 1.165) is 18.7 Å². The summed E-state index contributed by atoms with van der Waals surface area (Å²) in [6, 6.07) is 16.0. The number of aliphatic imine (C=N–C) groups is 1. The Balaban J connectivity index is 1.50. The molecule has 0 amide bonds. The lowest BCUT2D eigenvalue weighted by Gasteiger charge is -2.13. The van der Waals surface area contributed by atoms with E-state index in [1.165, 1.54) is 17.7 Å². The molecular formula is C22H26FN5O. The molecule has 0 aliphatic rings. The van der Waals surface area contributed by atoms with Gasteiger partial charge in [-0.25, -0.2) is 9.07 Å². The second-order valence-corrected chi connectivity index (χ2v) is 6.58. The van der Waals surface area contributed by atoms with E-state index in [0.29, 0.717) is 18.1 Å². The molecule has 0 aliphatic carbocycles. The zero-order valence-electron chi connectivity index (χ0n) is 16.4. The number of benzene rings is 2. The number of guanidine groups is 1. The van der Waals surface area contributed by atoms with Crippen molar-refractivity contribution in [3.8, 4) is 5.69 Å². The standard InChI is InChI=1S/C22H26FN5O/c1-2-24-22(26-16-21(29)18-6-8-19(23)9-7-18)25-14-12-17-4-10-20(11-5-17)28-15-3-13-27-28/h3-11,13,15,21,29H,2,12,14,16H2,1H3,(H2,24,25,26). The molecule has 3 rings (SSSR count). The van der Waals surface area contributed by atoms with E-state index in [-0.39, 0.29) is 12.4 Å². The molecule has 3 N–H and O–H groups in total. The summed E-state index contributed by atoms with van der Waals surface area (Å²) in [5.74, 6) is 0.318. The van der Waals surface area contributed by atoms with Crippen LogP contribution in [0, 0.1) is 5.82 Å². The Hall–Kier alpha value is -3.19. The summed E-state index contributed by atoms with van der Waals surface area (Å²) in [5, 5.41) is 20.9. The number of hydrogen-bond acceptors (Lipinski definition) is 3. The highest BCUT2D eigenvalue weighted by atomic mass is 19.1. The van der Waals surface area contributed by atoms with Gasteiger partial charge < -0.3 is 15.7 Å². The van der Waals surface area contributed by atoms with Gasteiger partial charge in [0, 0.05) is 25.5 Å². The van der Waals surface area contributed by atoms with Crippen LogP contribution < -0.4 is 10.6 Å². The fourth-order valence-electron chi connectivity index (χ4n) is 2.87. The van der Waals surface area contributed by atoms with Gasteiger partial charge in [-0.1, -0.05) is 24.3 Å². The van der Waals surface area contributed by atoms with Crippen molar-refractivity contribution in [2.24, 2.45) is 4.99 Å². The molecule has 0 aliphatic heterocycles. The van der Waals surface area contributed by atoms with Crippen molar-refractivity contribution in [1.82, 2.24) is 20.4 Å². The fourth-order valence-corrected chi connectivity index (χ4v) is 2.87. The minimum atomic E-state index is -0.777. The number of hydrogen-bond donors (Lipinski definition) is 3. The molecular weight excluding hydrogens is 369 g/mol. The van der Waals surface area contributed by atoms with Gasteiger partial charge in [0.1, 0.15) is 5.82 Å². The first-order valence-corrected chi connectivity index (χ1v) is 9.70. The Kier molecular flexibility index (Phi) is 7.35. The van der Waals surface area contributed by atoms with Crippen molar-refractivity contribution in [3.05, 3.63) is 83.9 Å². The van der Waals surface area contributed by atoms with Crippen molar-refractivity contribution in [1.29, 1.82) is 0 Å². The summed E-state index contributed by atoms with van der Waals surface area (Å²) in [6.07, 6.45) is 3.73. The normalized spacial score (nSPS) is 12.6. The van der Waals surface area contributed by atoms with E-state index in [4.69, 9.17) is 0 Å². The first-order chi connectivity index (χ1) is 14.2. The quantitative estimate of drug-likeness (QED) is 0.405. The lowest BCUT2D eigenvalue weighted by Crippen LogP contribution is -2.38. The molecule has 0 bridgehead atoms. The molecule has 0 fully saturated rings. The molecule has 0 radical (unpaired) electrons. The molecule has 152 valence electrons. The van der Waals surface area contributed by atoms with Gasteiger partial charge in [-0.3, -0.25) is 4.99 Å². The maximum Gasteiger partial charge on any atom is 0.191 e. The predicted octanol–water partition coefficient (Wildman–Crippen LogP) is 2.84. The molecule has 1 aromatic heterocycles. The Morgan fingerprint density at radius 2 is 1.90 bits per heavy atom. The molecule has 0 saturated carbocycles. The zero-order chi connectivity index (χ0) is 20.5. The van der Waals surface area contributed by atoms with Crippen LogP contribution in [0.4, 0.5) is 4.39 Å². The largest absolute Gasteiger partial charge is 0.386 e. The summed E-state index contributed by atoms with van der Waals surface area (Å²) in [6.45, 7) is 3.61. The zero-order valence-corrected chi connectivity index (χ0v) is 16.4. The number of aliphatic hydroxyl groups excluding tert-OH is 1. The SMILES string of the molecule is CCNC(=NCC(O)c1ccc(F)cc1)NCCc1ccc(-n2cccn2)cc1. The van der Waals surface area contributed by atoms with Gasteiger partial charge in [-0.2, -0.15) is 5.10 Å². The van der Waals surface area contributed by atoms with Gasteiger partial charge in [0.25, 0.3) is 0 Å². The number of aromatic nitrogens is 2. The molecule has 3 aromatic rings. The Bertz CT molecular complexity index is 892. The molecule has 1 heterocycles. The third-order valence-electron chi connectivity index (χ3n) is 4.43. The molecule has 1 atom stereocenters. The van der Waals surface area contributed by atoms with Crippen LogP contribution >= 0.6 is 0 Å². The van der Waals surface area contributed by atoms with Crippen LogP contribution in [-0.4, -0.2) is 40.5 Å². The lowest BCUT2D eigenvalue weighted by atomic mass is 10.1. The van der Waals surface area contributed by atoms with E-state index in [1.807, 2.05) is 36.0 Å². The first-order valence-electron chi connectivity index (χ1n) is 9.70. The van der Waals surface area contributed by atoms with Crippen LogP contribution in [0.3, 0.4) is 0 Å². The van der Waals surface area contributed by atoms with Crippen LogP contribution in [0.5, 0.6) is 0 Å². The van der Waals surface area contributed by atoms with Crippen LogP contribution in [0.15, 0.2) is 72.0 Å². The molecule has 7 heteroatoms. The predicted molar refractivity (Wildman–Crippen MR) is 113 cm³/mol. The van der Waals surface area contributed by atoms with Gasteiger partial charge in [0.05, 0.1) is 18.3 Å². The van der Waals surface area contributed by atoms with Crippen molar-refractivity contribution in [3.63, 3.8) is 0 Å². The molecule has 29 heavy (non-hydrogen) atoms. The summed E-state index contributed by atoms with van der Waals surface area (Å²) in [4.78, 5) is 4.43. The van der Waals surface area contributed by atoms with Gasteiger partial charge in [0.2, 0.25) is 0 Å². The van der Waals surface area contributed by atoms with Gasteiger partial charge in [0.15, 0.2) is 5.96 Å². The third kappa shape index (κ3) is 6.15. The highest BCUT2D eigenvalue weighted by Crippen LogP contribution is 2.13. The second-order valence-electron chi connectivity index (χ2n) is 6.58. The summed E-state index contributed by atoms with van der Waals surface area (Å²) in [5.41, 5.74) is 2.87. The summed E-state index contributed by atoms with van der Waals surface area (Å²) in [7, 11) is 0. The number of rotatable bonds is 8. The average Bonchev–Trinajstić information content (AvgIpc) is 3.28. The van der Waals surface area contributed by atoms with E-state index in [1.54, 1.807) is 18.3 Å². The maximum atomic E-state index is 13.0. The third-order valence-corrected chi connectivity index (χ3v) is 4.43. The fraction of sp³-hybridized carbons (Fsp3) is 0.273. The number of halogens is 1. The topological polar surface area (TPSA) is 74.5 Å². The van der Waals surface area contributed by atoms with Crippen LogP contribution in [-0.2, 0) is 6.42 Å². The van der Waals surface area contributed by atoms with Gasteiger partial charge in [-0.05, 0) is 54.8 Å². The minimum absolute atomic E-state index is 0.194. The van der Waals surface area contributed by atoms with Gasteiger partial charge in [-0.15, -0.1) is 0 Å². The number of aliphatic hydroxyl groups is 1. The first kappa shape index (κ1) is 20.5. The Morgan fingerprint density at radius 3 is 2.55 bits per heavy atom. The number of nitrogens with zero attached hydrogens (tertiary/aromatic N) is 3. The highest BCUT2D eigenvalue weighted by Gasteiger charge is 2.08. The van der Waals surface area contributed by atoms with Crippen molar-refractivity contribution < 1.29 is 9.50 Å². The van der Waals surface area contributed by atoms with Crippen molar-refractivity contribution >= 4 is 5.96 Å². The average molecular weight is 395 g/mol. The van der Waals surface area contributed by atoms with Crippen molar-refractivity contribution in [2.75, 3.05) is 19.6 Å². The van der Waals surface area contributed by atoms with E-state index < -0.39 is 6.10 Å². The molecule has 1 unspecified atom stereocenters. The minimum Gasteiger partial charge on any atom is -0.386 e. The number of nitrogens with one attached hydrogen (secondary N) is 2. The maximum absolute atomic E-state index is 13.0. The van der Waals surface area contributed by atoms with Crippen LogP contribution in [0.2, 0.25) is 0 Å². The second kappa shape index (κ2) is 10.4. The lowest BCUT2D eigenvalue weighted by molar-refractivity contribution is 0.187. The Morgan fingerprint density at radius 1 is 1.14 bits per heavy atom. The highest BCUT2D eigenvalue weighted by molar-refractivity contribution is 5.79. The monoisotopic (exact) mass is 395 g/mol. The summed E-state index contributed by atoms with van der Waals surface area (Å²) >= 11 is 0. The van der Waals surface area contributed by atoms with Crippen LogP contribution in [0.25, 0.3) is 5.69 Å². The van der Waals surface area contributed by atoms with Crippen molar-refractivity contribution in [2.45, 2.75) is 19.4 Å². The van der Waals surface area contributed by atoms with E-state index in [2.05, 4.69) is 32.9 Å². The Labute approximate surface area is 170 Å². The molecule has 0 spiro atoms. The van der Waals surface area contributed by atoms with Gasteiger partial charge >= 0.3 is 0 Å². The molecule has 0 saturated heterocycles. The molecule has 6 nitrogen and oxygen atoms in total. The summed E-state index contributed by atoms with van der Waals surface area (Å²) < 4.78 is 14.8. The van der Waals surface area contributed by atoms with E-state index >= 15 is 0 Å². The smallest absolute Gasteiger partial charge is 0.191 e. The van der Waals surface area contributed by atoms with E-state index in [9.17, 15) is 9.50 Å². The van der Waals surface area contributed by atoms with Crippen LogP contribution in [0.1, 0.15) is 24.2 Å².